The van der Waals surface area contributed by atoms with Crippen molar-refractivity contribution in [1.82, 2.24) is 0 Å². The number of halogens is 3. The first-order chi connectivity index (χ1) is 8.32. The summed E-state index contributed by atoms with van der Waals surface area (Å²) >= 11 is 0. The number of alkyl halides is 3. The van der Waals surface area contributed by atoms with E-state index in [0.717, 1.165) is 0 Å². The van der Waals surface area contributed by atoms with Crippen LogP contribution in [-0.4, -0.2) is 17.4 Å². The minimum Gasteiger partial charge on any atom is -0.387 e. The molecule has 0 amide bonds. The van der Waals surface area contributed by atoms with E-state index in [1.54, 1.807) is 30.3 Å². The van der Waals surface area contributed by atoms with Crippen molar-refractivity contribution in [2.75, 3.05) is 0 Å². The van der Waals surface area contributed by atoms with Crippen LogP contribution in [0.15, 0.2) is 41.6 Å². The van der Waals surface area contributed by atoms with Crippen LogP contribution in [0.3, 0.4) is 0 Å². The van der Waals surface area contributed by atoms with E-state index in [0.29, 0.717) is 5.56 Å². The molecule has 0 fully saturated rings. The van der Waals surface area contributed by atoms with E-state index < -0.39 is 23.8 Å². The second-order valence-electron chi connectivity index (χ2n) is 4.30. The maximum Gasteiger partial charge on any atom is 0.422 e. The first-order valence-electron chi connectivity index (χ1n) is 5.59. The maximum atomic E-state index is 12.8. The van der Waals surface area contributed by atoms with Crippen molar-refractivity contribution in [3.05, 3.63) is 47.2 Å². The van der Waals surface area contributed by atoms with Gasteiger partial charge in [-0.15, -0.1) is 5.73 Å². The van der Waals surface area contributed by atoms with Crippen molar-refractivity contribution in [2.45, 2.75) is 26.1 Å². The molecule has 1 aromatic carbocycles. The highest BCUT2D eigenvalue weighted by molar-refractivity contribution is 5.49. The Hall–Kier alpha value is -1.51. The van der Waals surface area contributed by atoms with Gasteiger partial charge in [0.25, 0.3) is 0 Å². The van der Waals surface area contributed by atoms with Crippen LogP contribution in [0.4, 0.5) is 13.2 Å². The zero-order valence-corrected chi connectivity index (χ0v) is 10.2. The number of hydrogen-bond acceptors (Lipinski definition) is 1. The van der Waals surface area contributed by atoms with Crippen molar-refractivity contribution in [1.29, 1.82) is 0 Å². The van der Waals surface area contributed by atoms with Crippen LogP contribution in [0.1, 0.15) is 19.4 Å². The minimum atomic E-state index is -4.57. The third-order valence-corrected chi connectivity index (χ3v) is 2.43. The summed E-state index contributed by atoms with van der Waals surface area (Å²) in [5, 5.41) is 9.56. The number of benzene rings is 1. The summed E-state index contributed by atoms with van der Waals surface area (Å²) in [7, 11) is 0. The van der Waals surface area contributed by atoms with Crippen LogP contribution in [0.25, 0.3) is 6.08 Å². The van der Waals surface area contributed by atoms with E-state index in [1.807, 2.05) is 0 Å². The average Bonchev–Trinajstić information content (AvgIpc) is 2.28. The molecule has 0 heterocycles. The fourth-order valence-corrected chi connectivity index (χ4v) is 1.38. The van der Waals surface area contributed by atoms with Gasteiger partial charge in [0.15, 0.2) is 0 Å². The van der Waals surface area contributed by atoms with Crippen LogP contribution in [0, 0.1) is 5.92 Å². The van der Waals surface area contributed by atoms with Crippen molar-refractivity contribution < 1.29 is 18.3 Å². The summed E-state index contributed by atoms with van der Waals surface area (Å²) in [6.07, 6.45) is -4.91. The smallest absolute Gasteiger partial charge is 0.387 e. The molecule has 0 saturated heterocycles. The van der Waals surface area contributed by atoms with Crippen molar-refractivity contribution in [3.63, 3.8) is 0 Å². The molecule has 0 aromatic heterocycles. The first-order valence-corrected chi connectivity index (χ1v) is 5.59. The van der Waals surface area contributed by atoms with Gasteiger partial charge in [-0.05, 0) is 17.6 Å². The fraction of sp³-hybridized carbons (Fsp3) is 0.357. The SMILES string of the molecule is CC(C)[C@H](O)C(=C=Cc1ccccc1)C(F)(F)F. The molecule has 1 N–H and O–H groups in total. The Morgan fingerprint density at radius 3 is 2.22 bits per heavy atom. The second kappa shape index (κ2) is 5.89. The molecule has 0 bridgehead atoms. The molecule has 1 nitrogen and oxygen atoms in total. The third kappa shape index (κ3) is 4.06. The van der Waals surface area contributed by atoms with Gasteiger partial charge in [0.05, 0.1) is 6.10 Å². The summed E-state index contributed by atoms with van der Waals surface area (Å²) in [6.45, 7) is 3.06. The summed E-state index contributed by atoms with van der Waals surface area (Å²) < 4.78 is 38.3. The fourth-order valence-electron chi connectivity index (χ4n) is 1.38. The summed E-state index contributed by atoms with van der Waals surface area (Å²) in [4.78, 5) is 0. The van der Waals surface area contributed by atoms with Crippen LogP contribution in [0.2, 0.25) is 0 Å². The Labute approximate surface area is 104 Å². The van der Waals surface area contributed by atoms with E-state index in [4.69, 9.17) is 0 Å². The summed E-state index contributed by atoms with van der Waals surface area (Å²) in [5.41, 5.74) is 1.74. The Balaban J connectivity index is 3.16. The molecule has 18 heavy (non-hydrogen) atoms. The van der Waals surface area contributed by atoms with E-state index in [9.17, 15) is 18.3 Å². The average molecular weight is 256 g/mol. The number of aliphatic hydroxyl groups excluding tert-OH is 1. The molecule has 0 saturated carbocycles. The molecule has 0 unspecified atom stereocenters. The molecule has 0 spiro atoms. The normalized spacial score (nSPS) is 13.1. The Bertz CT molecular complexity index is 440. The number of rotatable bonds is 3. The van der Waals surface area contributed by atoms with Gasteiger partial charge in [-0.2, -0.15) is 13.2 Å². The molecule has 1 atom stereocenters. The van der Waals surface area contributed by atoms with Gasteiger partial charge in [-0.25, -0.2) is 0 Å². The molecule has 0 aliphatic rings. The van der Waals surface area contributed by atoms with Crippen LogP contribution in [-0.2, 0) is 0 Å². The van der Waals surface area contributed by atoms with E-state index in [2.05, 4.69) is 5.73 Å². The third-order valence-electron chi connectivity index (χ3n) is 2.43. The largest absolute Gasteiger partial charge is 0.422 e. The van der Waals surface area contributed by atoms with Gasteiger partial charge in [0, 0.05) is 0 Å². The standard InChI is InChI=1S/C14H15F3O/c1-10(2)13(18)12(14(15,16)17)9-8-11-6-4-3-5-7-11/h3-8,10,13,18H,1-2H3/t9?,13-/m0/s1. The van der Waals surface area contributed by atoms with Gasteiger partial charge in [-0.3, -0.25) is 0 Å². The molecular formula is C14H15F3O. The number of hydrogen-bond donors (Lipinski definition) is 1. The molecule has 0 radical (unpaired) electrons. The highest BCUT2D eigenvalue weighted by Gasteiger charge is 2.39. The van der Waals surface area contributed by atoms with Crippen LogP contribution in [0.5, 0.6) is 0 Å². The topological polar surface area (TPSA) is 20.2 Å². The van der Waals surface area contributed by atoms with Crippen LogP contribution >= 0.6 is 0 Å². The van der Waals surface area contributed by atoms with Gasteiger partial charge < -0.3 is 5.11 Å². The van der Waals surface area contributed by atoms with Crippen molar-refractivity contribution in [2.24, 2.45) is 5.92 Å². The first kappa shape index (κ1) is 14.6. The highest BCUT2D eigenvalue weighted by Crippen LogP contribution is 2.30. The zero-order valence-electron chi connectivity index (χ0n) is 10.2. The minimum absolute atomic E-state index is 0.515. The lowest BCUT2D eigenvalue weighted by Crippen LogP contribution is -2.27. The predicted molar refractivity (Wildman–Crippen MR) is 64.8 cm³/mol. The molecule has 1 rings (SSSR count). The van der Waals surface area contributed by atoms with Gasteiger partial charge in [-0.1, -0.05) is 44.2 Å². The second-order valence-corrected chi connectivity index (χ2v) is 4.30. The van der Waals surface area contributed by atoms with E-state index >= 15 is 0 Å². The number of aliphatic hydroxyl groups is 1. The molecule has 0 aliphatic carbocycles. The van der Waals surface area contributed by atoms with Gasteiger partial charge in [0.2, 0.25) is 0 Å². The van der Waals surface area contributed by atoms with E-state index in [1.165, 1.54) is 19.9 Å². The summed E-state index contributed by atoms with van der Waals surface area (Å²) in [6, 6.07) is 8.56. The zero-order chi connectivity index (χ0) is 13.8. The highest BCUT2D eigenvalue weighted by atomic mass is 19.4. The predicted octanol–water partition coefficient (Wildman–Crippen LogP) is 3.80. The van der Waals surface area contributed by atoms with Crippen molar-refractivity contribution in [3.8, 4) is 0 Å². The van der Waals surface area contributed by atoms with Gasteiger partial charge in [0.1, 0.15) is 5.57 Å². The lowest BCUT2D eigenvalue weighted by molar-refractivity contribution is -0.108. The van der Waals surface area contributed by atoms with Gasteiger partial charge >= 0.3 is 6.18 Å². The Kier molecular flexibility index (Phi) is 4.76. The molecule has 1 aromatic rings. The van der Waals surface area contributed by atoms with E-state index in [-0.39, 0.29) is 0 Å². The quantitative estimate of drug-likeness (QED) is 0.815. The Morgan fingerprint density at radius 2 is 1.78 bits per heavy atom. The van der Waals surface area contributed by atoms with Crippen molar-refractivity contribution >= 4 is 6.08 Å². The molecular weight excluding hydrogens is 241 g/mol. The molecule has 0 aliphatic heterocycles. The lowest BCUT2D eigenvalue weighted by Gasteiger charge is -2.18. The Morgan fingerprint density at radius 1 is 1.22 bits per heavy atom. The maximum absolute atomic E-state index is 12.8. The monoisotopic (exact) mass is 256 g/mol. The lowest BCUT2D eigenvalue weighted by atomic mass is 9.99. The molecule has 98 valence electrons. The molecule has 4 heteroatoms. The van der Waals surface area contributed by atoms with Crippen LogP contribution < -0.4 is 0 Å². The summed E-state index contributed by atoms with van der Waals surface area (Å²) in [5.74, 6) is -0.515.